The molecule has 0 aromatic heterocycles. The molecule has 0 heterocycles. The zero-order chi connectivity index (χ0) is 12.7. The van der Waals surface area contributed by atoms with E-state index in [4.69, 9.17) is 5.21 Å². The molecule has 0 unspecified atom stereocenters. The van der Waals surface area contributed by atoms with Crippen molar-refractivity contribution in [2.24, 2.45) is 5.16 Å². The highest BCUT2D eigenvalue weighted by atomic mass is 16.5. The molecular weight excluding hydrogens is 222 g/mol. The molecule has 0 fully saturated rings. The zero-order valence-corrected chi connectivity index (χ0v) is 9.42. The van der Waals surface area contributed by atoms with Gasteiger partial charge in [0, 0.05) is 12.0 Å². The van der Waals surface area contributed by atoms with Gasteiger partial charge in [-0.2, -0.15) is 0 Å². The molecule has 1 N–H and O–H groups in total. The fourth-order valence-corrected chi connectivity index (χ4v) is 1.29. The van der Waals surface area contributed by atoms with E-state index in [1.54, 1.807) is 30.3 Å². The van der Waals surface area contributed by atoms with Crippen LogP contribution in [0.4, 0.5) is 0 Å². The number of methoxy groups -OCH3 is 1. The Balaban J connectivity index is 2.70. The van der Waals surface area contributed by atoms with Gasteiger partial charge in [0.15, 0.2) is 0 Å². The first-order valence-electron chi connectivity index (χ1n) is 5.06. The molecule has 0 saturated heterocycles. The second kappa shape index (κ2) is 6.42. The van der Waals surface area contributed by atoms with Crippen molar-refractivity contribution in [1.82, 2.24) is 0 Å². The van der Waals surface area contributed by atoms with Crippen LogP contribution in [0.15, 0.2) is 35.5 Å². The molecule has 0 spiro atoms. The van der Waals surface area contributed by atoms with Crippen LogP contribution in [0, 0.1) is 0 Å². The summed E-state index contributed by atoms with van der Waals surface area (Å²) >= 11 is 0. The molecular formula is C12H13NO4. The van der Waals surface area contributed by atoms with Crippen LogP contribution in [0.3, 0.4) is 0 Å². The number of ketones is 1. The smallest absolute Gasteiger partial charge is 0.305 e. The van der Waals surface area contributed by atoms with E-state index in [2.05, 4.69) is 9.89 Å². The molecule has 0 bridgehead atoms. The lowest BCUT2D eigenvalue weighted by atomic mass is 10.0. The number of carbonyl (C=O) groups is 2. The van der Waals surface area contributed by atoms with Crippen molar-refractivity contribution in [3.8, 4) is 0 Å². The van der Waals surface area contributed by atoms with Gasteiger partial charge < -0.3 is 9.94 Å². The molecule has 0 saturated carbocycles. The molecule has 1 aromatic carbocycles. The van der Waals surface area contributed by atoms with E-state index in [0.717, 1.165) is 0 Å². The average molecular weight is 235 g/mol. The summed E-state index contributed by atoms with van der Waals surface area (Å²) in [6.07, 6.45) is 0.0609. The quantitative estimate of drug-likeness (QED) is 0.277. The summed E-state index contributed by atoms with van der Waals surface area (Å²) in [5.74, 6) is -0.844. The standard InChI is InChI=1S/C12H13NO4/c1-17-11(14)8-7-10(13-16)12(15)9-5-3-2-4-6-9/h2-6,16H,7-8H2,1H3. The number of esters is 1. The van der Waals surface area contributed by atoms with E-state index in [0.29, 0.717) is 5.56 Å². The van der Waals surface area contributed by atoms with Crippen molar-refractivity contribution in [2.75, 3.05) is 7.11 Å². The predicted molar refractivity (Wildman–Crippen MR) is 61.2 cm³/mol. The summed E-state index contributed by atoms with van der Waals surface area (Å²) in [4.78, 5) is 22.8. The van der Waals surface area contributed by atoms with Gasteiger partial charge in [0.25, 0.3) is 0 Å². The van der Waals surface area contributed by atoms with Crippen LogP contribution in [0.1, 0.15) is 23.2 Å². The molecule has 17 heavy (non-hydrogen) atoms. The number of carbonyl (C=O) groups excluding carboxylic acids is 2. The molecule has 0 amide bonds. The lowest BCUT2D eigenvalue weighted by Gasteiger charge is -2.03. The van der Waals surface area contributed by atoms with Crippen LogP contribution < -0.4 is 0 Å². The Morgan fingerprint density at radius 2 is 1.88 bits per heavy atom. The number of oxime groups is 1. The SMILES string of the molecule is COC(=O)CCC(=NO)C(=O)c1ccccc1. The molecule has 5 heteroatoms. The number of rotatable bonds is 5. The summed E-state index contributed by atoms with van der Waals surface area (Å²) < 4.78 is 4.44. The number of nitrogens with zero attached hydrogens (tertiary/aromatic N) is 1. The van der Waals surface area contributed by atoms with Crippen molar-refractivity contribution >= 4 is 17.5 Å². The summed E-state index contributed by atoms with van der Waals surface area (Å²) in [6, 6.07) is 8.43. The highest BCUT2D eigenvalue weighted by Gasteiger charge is 2.16. The van der Waals surface area contributed by atoms with Crippen molar-refractivity contribution in [1.29, 1.82) is 0 Å². The minimum atomic E-state index is -0.452. The minimum absolute atomic E-state index is 0.00840. The van der Waals surface area contributed by atoms with Gasteiger partial charge in [-0.15, -0.1) is 0 Å². The Hall–Kier alpha value is -2.17. The normalized spacial score (nSPS) is 11.0. The van der Waals surface area contributed by atoms with Crippen LogP contribution >= 0.6 is 0 Å². The first kappa shape index (κ1) is 12.9. The Bertz CT molecular complexity index is 425. The molecule has 0 aliphatic rings. The Kier molecular flexibility index (Phi) is 4.87. The van der Waals surface area contributed by atoms with Crippen molar-refractivity contribution < 1.29 is 19.5 Å². The van der Waals surface area contributed by atoms with Gasteiger partial charge in [-0.1, -0.05) is 35.5 Å². The van der Waals surface area contributed by atoms with E-state index >= 15 is 0 Å². The highest BCUT2D eigenvalue weighted by Crippen LogP contribution is 2.05. The number of benzene rings is 1. The number of Topliss-reactive ketones (excluding diaryl/α,β-unsaturated/α-hetero) is 1. The van der Waals surface area contributed by atoms with Gasteiger partial charge in [0.2, 0.25) is 5.78 Å². The molecule has 0 atom stereocenters. The van der Waals surface area contributed by atoms with E-state index in [1.807, 2.05) is 0 Å². The zero-order valence-electron chi connectivity index (χ0n) is 9.42. The summed E-state index contributed by atoms with van der Waals surface area (Å²) in [5.41, 5.74) is 0.367. The lowest BCUT2D eigenvalue weighted by Crippen LogP contribution is -2.16. The van der Waals surface area contributed by atoms with Crippen LogP contribution in [0.2, 0.25) is 0 Å². The summed E-state index contributed by atoms with van der Waals surface area (Å²) in [6.45, 7) is 0. The third kappa shape index (κ3) is 3.71. The van der Waals surface area contributed by atoms with Crippen LogP contribution in [0.5, 0.6) is 0 Å². The third-order valence-electron chi connectivity index (χ3n) is 2.21. The number of hydrogen-bond donors (Lipinski definition) is 1. The summed E-state index contributed by atoms with van der Waals surface area (Å²) in [7, 11) is 1.26. The highest BCUT2D eigenvalue weighted by molar-refractivity contribution is 6.46. The van der Waals surface area contributed by atoms with Gasteiger partial charge in [-0.3, -0.25) is 9.59 Å². The van der Waals surface area contributed by atoms with Gasteiger partial charge in [0.05, 0.1) is 13.5 Å². The van der Waals surface area contributed by atoms with Gasteiger partial charge in [-0.05, 0) is 0 Å². The Morgan fingerprint density at radius 1 is 1.24 bits per heavy atom. The Morgan fingerprint density at radius 3 is 2.41 bits per heavy atom. The number of hydrogen-bond acceptors (Lipinski definition) is 5. The van der Waals surface area contributed by atoms with Crippen LogP contribution in [-0.2, 0) is 9.53 Å². The second-order valence-electron chi connectivity index (χ2n) is 3.32. The molecule has 5 nitrogen and oxygen atoms in total. The Labute approximate surface area is 98.7 Å². The monoisotopic (exact) mass is 235 g/mol. The van der Waals surface area contributed by atoms with Crippen molar-refractivity contribution in [2.45, 2.75) is 12.8 Å². The average Bonchev–Trinajstić information content (AvgIpc) is 2.39. The molecule has 1 rings (SSSR count). The van der Waals surface area contributed by atoms with E-state index in [9.17, 15) is 9.59 Å². The van der Waals surface area contributed by atoms with Gasteiger partial charge in [0.1, 0.15) is 5.71 Å². The first-order valence-corrected chi connectivity index (χ1v) is 5.06. The predicted octanol–water partition coefficient (Wildman–Crippen LogP) is 1.65. The van der Waals surface area contributed by atoms with E-state index < -0.39 is 11.8 Å². The fourth-order valence-electron chi connectivity index (χ4n) is 1.29. The maximum atomic E-state index is 11.8. The van der Waals surface area contributed by atoms with Crippen LogP contribution in [0.25, 0.3) is 0 Å². The maximum Gasteiger partial charge on any atom is 0.305 e. The lowest BCUT2D eigenvalue weighted by molar-refractivity contribution is -0.140. The van der Waals surface area contributed by atoms with E-state index in [-0.39, 0.29) is 18.6 Å². The minimum Gasteiger partial charge on any atom is -0.469 e. The van der Waals surface area contributed by atoms with Gasteiger partial charge >= 0.3 is 5.97 Å². The topological polar surface area (TPSA) is 76.0 Å². The maximum absolute atomic E-state index is 11.8. The molecule has 90 valence electrons. The molecule has 0 radical (unpaired) electrons. The van der Waals surface area contributed by atoms with Crippen molar-refractivity contribution in [3.05, 3.63) is 35.9 Å². The molecule has 1 aromatic rings. The summed E-state index contributed by atoms with van der Waals surface area (Å²) in [5, 5.41) is 11.7. The van der Waals surface area contributed by atoms with Crippen molar-refractivity contribution in [3.63, 3.8) is 0 Å². The molecule has 0 aliphatic carbocycles. The fraction of sp³-hybridized carbons (Fsp3) is 0.250. The first-order chi connectivity index (χ1) is 8.19. The molecule has 0 aliphatic heterocycles. The third-order valence-corrected chi connectivity index (χ3v) is 2.21. The van der Waals surface area contributed by atoms with Crippen LogP contribution in [-0.4, -0.2) is 29.8 Å². The number of ether oxygens (including phenoxy) is 1. The van der Waals surface area contributed by atoms with E-state index in [1.165, 1.54) is 7.11 Å². The van der Waals surface area contributed by atoms with Gasteiger partial charge in [-0.25, -0.2) is 0 Å². The largest absolute Gasteiger partial charge is 0.469 e. The second-order valence-corrected chi connectivity index (χ2v) is 3.32.